The van der Waals surface area contributed by atoms with Gasteiger partial charge in [0.1, 0.15) is 18.1 Å². The fraction of sp³-hybridized carbons (Fsp3) is 0.231. The van der Waals surface area contributed by atoms with Gasteiger partial charge in [0.2, 0.25) is 0 Å². The fourth-order valence-corrected chi connectivity index (χ4v) is 2.67. The summed E-state index contributed by atoms with van der Waals surface area (Å²) in [6.45, 7) is 0.623. The van der Waals surface area contributed by atoms with Crippen molar-refractivity contribution in [1.82, 2.24) is 25.0 Å². The third-order valence-electron chi connectivity index (χ3n) is 2.89. The SMILES string of the molecule is COC(Cn1cc(-c2cncnc2)nn1)c1cccs1. The molecule has 0 radical (unpaired) electrons. The number of ether oxygens (including phenoxy) is 1. The van der Waals surface area contributed by atoms with Gasteiger partial charge in [0, 0.05) is 29.9 Å². The molecule has 0 saturated heterocycles. The minimum atomic E-state index is -0.0171. The first kappa shape index (κ1) is 12.9. The summed E-state index contributed by atoms with van der Waals surface area (Å²) in [6, 6.07) is 4.07. The van der Waals surface area contributed by atoms with Crippen molar-refractivity contribution in [2.24, 2.45) is 0 Å². The van der Waals surface area contributed by atoms with E-state index in [9.17, 15) is 0 Å². The number of rotatable bonds is 5. The Morgan fingerprint density at radius 3 is 2.90 bits per heavy atom. The Morgan fingerprint density at radius 1 is 1.35 bits per heavy atom. The molecule has 0 aromatic carbocycles. The quantitative estimate of drug-likeness (QED) is 0.719. The molecule has 7 heteroatoms. The number of thiophene rings is 1. The normalized spacial score (nSPS) is 12.4. The van der Waals surface area contributed by atoms with Gasteiger partial charge in [0.15, 0.2) is 0 Å². The highest BCUT2D eigenvalue weighted by atomic mass is 32.1. The fourth-order valence-electron chi connectivity index (χ4n) is 1.88. The van der Waals surface area contributed by atoms with Gasteiger partial charge in [0.25, 0.3) is 0 Å². The molecule has 3 heterocycles. The summed E-state index contributed by atoms with van der Waals surface area (Å²) in [6.07, 6.45) is 6.78. The van der Waals surface area contributed by atoms with Crippen LogP contribution in [-0.2, 0) is 11.3 Å². The average Bonchev–Trinajstić information content (AvgIpc) is 3.17. The van der Waals surface area contributed by atoms with E-state index in [4.69, 9.17) is 4.74 Å². The summed E-state index contributed by atoms with van der Waals surface area (Å²) in [4.78, 5) is 9.13. The van der Waals surface area contributed by atoms with Gasteiger partial charge in [-0.2, -0.15) is 0 Å². The Balaban J connectivity index is 1.77. The molecule has 6 nitrogen and oxygen atoms in total. The second-order valence-electron chi connectivity index (χ2n) is 4.19. The van der Waals surface area contributed by atoms with E-state index in [0.717, 1.165) is 11.3 Å². The Morgan fingerprint density at radius 2 is 2.20 bits per heavy atom. The van der Waals surface area contributed by atoms with Crippen molar-refractivity contribution in [2.75, 3.05) is 7.11 Å². The van der Waals surface area contributed by atoms with E-state index >= 15 is 0 Å². The summed E-state index contributed by atoms with van der Waals surface area (Å²) in [5, 5.41) is 10.3. The molecule has 0 saturated carbocycles. The van der Waals surface area contributed by atoms with Crippen LogP contribution in [-0.4, -0.2) is 32.1 Å². The first-order chi connectivity index (χ1) is 9.86. The molecule has 0 aliphatic rings. The molecule has 1 unspecified atom stereocenters. The monoisotopic (exact) mass is 287 g/mol. The maximum atomic E-state index is 5.51. The molecule has 1 atom stereocenters. The largest absolute Gasteiger partial charge is 0.374 e. The maximum Gasteiger partial charge on any atom is 0.116 e. The lowest BCUT2D eigenvalue weighted by Gasteiger charge is -2.12. The molecule has 20 heavy (non-hydrogen) atoms. The van der Waals surface area contributed by atoms with Gasteiger partial charge < -0.3 is 4.74 Å². The van der Waals surface area contributed by atoms with Crippen LogP contribution in [0.25, 0.3) is 11.3 Å². The Labute approximate surface area is 120 Å². The number of hydrogen-bond acceptors (Lipinski definition) is 6. The second kappa shape index (κ2) is 5.89. The molecule has 0 bridgehead atoms. The summed E-state index contributed by atoms with van der Waals surface area (Å²) >= 11 is 1.67. The highest BCUT2D eigenvalue weighted by molar-refractivity contribution is 7.10. The predicted molar refractivity (Wildman–Crippen MR) is 75.1 cm³/mol. The van der Waals surface area contributed by atoms with Gasteiger partial charge >= 0.3 is 0 Å². The van der Waals surface area contributed by atoms with Gasteiger partial charge in [-0.3, -0.25) is 0 Å². The highest BCUT2D eigenvalue weighted by Crippen LogP contribution is 2.23. The first-order valence-corrected chi connectivity index (χ1v) is 6.96. The minimum Gasteiger partial charge on any atom is -0.374 e. The number of methoxy groups -OCH3 is 1. The third-order valence-corrected chi connectivity index (χ3v) is 3.86. The van der Waals surface area contributed by atoms with Crippen LogP contribution in [0.1, 0.15) is 11.0 Å². The van der Waals surface area contributed by atoms with E-state index in [1.165, 1.54) is 11.2 Å². The van der Waals surface area contributed by atoms with Crippen LogP contribution in [0.2, 0.25) is 0 Å². The van der Waals surface area contributed by atoms with E-state index in [1.807, 2.05) is 17.6 Å². The number of hydrogen-bond donors (Lipinski definition) is 0. The molecule has 0 aliphatic carbocycles. The predicted octanol–water partition coefficient (Wildman–Crippen LogP) is 2.18. The zero-order valence-corrected chi connectivity index (χ0v) is 11.7. The van der Waals surface area contributed by atoms with Crippen molar-refractivity contribution < 1.29 is 4.74 Å². The van der Waals surface area contributed by atoms with Gasteiger partial charge in [-0.05, 0) is 11.4 Å². The van der Waals surface area contributed by atoms with Gasteiger partial charge in [-0.25, -0.2) is 14.6 Å². The van der Waals surface area contributed by atoms with Crippen molar-refractivity contribution in [3.8, 4) is 11.3 Å². The Hall–Kier alpha value is -2.12. The topological polar surface area (TPSA) is 65.7 Å². The van der Waals surface area contributed by atoms with Crippen LogP contribution in [0.5, 0.6) is 0 Å². The Bertz CT molecular complexity index is 652. The van der Waals surface area contributed by atoms with E-state index in [2.05, 4.69) is 26.3 Å². The average molecular weight is 287 g/mol. The molecular formula is C13H13N5OS. The van der Waals surface area contributed by atoms with Gasteiger partial charge in [-0.15, -0.1) is 16.4 Å². The van der Waals surface area contributed by atoms with Crippen molar-refractivity contribution in [3.63, 3.8) is 0 Å². The molecule has 0 spiro atoms. The van der Waals surface area contributed by atoms with Crippen LogP contribution in [0, 0.1) is 0 Å². The summed E-state index contributed by atoms with van der Waals surface area (Å²) in [5.74, 6) is 0. The summed E-state index contributed by atoms with van der Waals surface area (Å²) < 4.78 is 7.28. The van der Waals surface area contributed by atoms with Gasteiger partial charge in [0.05, 0.1) is 12.7 Å². The molecular weight excluding hydrogens is 274 g/mol. The molecule has 0 fully saturated rings. The van der Waals surface area contributed by atoms with Crippen molar-refractivity contribution in [2.45, 2.75) is 12.6 Å². The zero-order valence-electron chi connectivity index (χ0n) is 10.9. The molecule has 0 amide bonds. The highest BCUT2D eigenvalue weighted by Gasteiger charge is 2.14. The van der Waals surface area contributed by atoms with Crippen LogP contribution in [0.3, 0.4) is 0 Å². The molecule has 3 rings (SSSR count). The molecule has 3 aromatic rings. The number of nitrogens with zero attached hydrogens (tertiary/aromatic N) is 5. The maximum absolute atomic E-state index is 5.51. The van der Waals surface area contributed by atoms with E-state index < -0.39 is 0 Å². The van der Waals surface area contributed by atoms with Crippen molar-refractivity contribution in [3.05, 3.63) is 47.3 Å². The third kappa shape index (κ3) is 2.73. The second-order valence-corrected chi connectivity index (χ2v) is 5.17. The minimum absolute atomic E-state index is 0.0171. The van der Waals surface area contributed by atoms with E-state index in [-0.39, 0.29) is 6.10 Å². The zero-order chi connectivity index (χ0) is 13.8. The summed E-state index contributed by atoms with van der Waals surface area (Å²) in [5.41, 5.74) is 1.61. The van der Waals surface area contributed by atoms with E-state index in [0.29, 0.717) is 6.54 Å². The van der Waals surface area contributed by atoms with E-state index in [1.54, 1.807) is 35.5 Å². The van der Waals surface area contributed by atoms with Crippen molar-refractivity contribution >= 4 is 11.3 Å². The van der Waals surface area contributed by atoms with Crippen molar-refractivity contribution in [1.29, 1.82) is 0 Å². The lowest BCUT2D eigenvalue weighted by atomic mass is 10.2. The van der Waals surface area contributed by atoms with Gasteiger partial charge in [-0.1, -0.05) is 11.3 Å². The number of aromatic nitrogens is 5. The Kier molecular flexibility index (Phi) is 3.80. The molecule has 0 N–H and O–H groups in total. The van der Waals surface area contributed by atoms with Crippen LogP contribution < -0.4 is 0 Å². The smallest absolute Gasteiger partial charge is 0.116 e. The summed E-state index contributed by atoms with van der Waals surface area (Å²) in [7, 11) is 1.70. The molecule has 3 aromatic heterocycles. The molecule has 0 aliphatic heterocycles. The van der Waals surface area contributed by atoms with Crippen LogP contribution in [0.4, 0.5) is 0 Å². The van der Waals surface area contributed by atoms with Crippen LogP contribution in [0.15, 0.2) is 42.4 Å². The lowest BCUT2D eigenvalue weighted by Crippen LogP contribution is -2.10. The standard InChI is InChI=1S/C13H13N5OS/c1-19-12(13-3-2-4-20-13)8-18-7-11(16-17-18)10-5-14-9-15-6-10/h2-7,9,12H,8H2,1H3. The molecule has 102 valence electrons. The lowest BCUT2D eigenvalue weighted by molar-refractivity contribution is 0.0869. The van der Waals surface area contributed by atoms with Crippen LogP contribution >= 0.6 is 11.3 Å². The first-order valence-electron chi connectivity index (χ1n) is 6.08.